The first-order valence-electron chi connectivity index (χ1n) is 13.3. The lowest BCUT2D eigenvalue weighted by atomic mass is 9.95. The number of allylic oxidation sites excluding steroid dienone is 1. The number of carbonyl (C=O) groups is 3. The van der Waals surface area contributed by atoms with Crippen molar-refractivity contribution in [2.24, 2.45) is 5.10 Å². The van der Waals surface area contributed by atoms with Crippen molar-refractivity contribution in [2.75, 3.05) is 20.3 Å². The Labute approximate surface area is 257 Å². The first-order chi connectivity index (χ1) is 20.8. The fourth-order valence-electron chi connectivity index (χ4n) is 4.16. The highest BCUT2D eigenvalue weighted by molar-refractivity contribution is 9.10. The highest BCUT2D eigenvalue weighted by atomic mass is 79.9. The largest absolute Gasteiger partial charge is 0.493 e. The van der Waals surface area contributed by atoms with Gasteiger partial charge in [-0.3, -0.25) is 4.79 Å². The minimum Gasteiger partial charge on any atom is -0.493 e. The minimum atomic E-state index is -0.763. The number of urea groups is 1. The number of methoxy groups -OCH3 is 1. The zero-order valence-corrected chi connectivity index (χ0v) is 25.4. The number of nitrogens with zero attached hydrogens (tertiary/aromatic N) is 1. The lowest BCUT2D eigenvalue weighted by Crippen LogP contribution is -2.45. The monoisotopic (exact) mass is 650 g/mol. The van der Waals surface area contributed by atoms with Gasteiger partial charge in [-0.15, -0.1) is 0 Å². The number of amides is 3. The molecule has 43 heavy (non-hydrogen) atoms. The molecule has 3 amide bonds. The summed E-state index contributed by atoms with van der Waals surface area (Å²) in [7, 11) is 1.45. The summed E-state index contributed by atoms with van der Waals surface area (Å²) in [5.41, 5.74) is 5.49. The van der Waals surface area contributed by atoms with Crippen LogP contribution in [0.3, 0.4) is 0 Å². The zero-order chi connectivity index (χ0) is 30.8. The molecule has 1 heterocycles. The van der Waals surface area contributed by atoms with E-state index >= 15 is 0 Å². The molecule has 1 atom stereocenters. The van der Waals surface area contributed by atoms with Gasteiger partial charge in [0.1, 0.15) is 12.4 Å². The Morgan fingerprint density at radius 2 is 1.77 bits per heavy atom. The maximum atomic E-state index is 12.6. The molecule has 0 saturated carbocycles. The molecule has 0 fully saturated rings. The molecular formula is C31H31BrN4O7. The predicted octanol–water partition coefficient (Wildman–Crippen LogP) is 4.76. The van der Waals surface area contributed by atoms with Crippen LogP contribution in [0.2, 0.25) is 0 Å². The third kappa shape index (κ3) is 8.58. The van der Waals surface area contributed by atoms with Crippen LogP contribution in [0.4, 0.5) is 4.79 Å². The van der Waals surface area contributed by atoms with Crippen molar-refractivity contribution in [1.82, 2.24) is 16.1 Å². The molecule has 3 N–H and O–H groups in total. The van der Waals surface area contributed by atoms with Gasteiger partial charge in [0.2, 0.25) is 0 Å². The number of nitrogens with one attached hydrogen (secondary N) is 3. The summed E-state index contributed by atoms with van der Waals surface area (Å²) in [6, 6.07) is 18.9. The molecule has 1 aliphatic heterocycles. The van der Waals surface area contributed by atoms with Crippen LogP contribution in [-0.2, 0) is 20.9 Å². The number of halogens is 1. The fourth-order valence-corrected chi connectivity index (χ4v) is 4.42. The van der Waals surface area contributed by atoms with Crippen LogP contribution < -0.4 is 30.3 Å². The molecule has 224 valence electrons. The smallest absolute Gasteiger partial charge is 0.338 e. The van der Waals surface area contributed by atoms with Crippen molar-refractivity contribution in [3.8, 4) is 17.2 Å². The van der Waals surface area contributed by atoms with E-state index in [0.29, 0.717) is 35.1 Å². The number of benzene rings is 3. The summed E-state index contributed by atoms with van der Waals surface area (Å²) in [6.45, 7) is 3.64. The average Bonchev–Trinajstić information content (AvgIpc) is 3.00. The Kier molecular flexibility index (Phi) is 10.8. The molecule has 11 nitrogen and oxygen atoms in total. The SMILES string of the molecule is CCOC(=O)C1=C(C)NC(=O)N[C@@H]1c1ccc(OCC(=O)N/N=C\c2ccc(OCc3ccc(Br)cc3)cc2)c(OC)c1. The second-order valence-electron chi connectivity index (χ2n) is 9.27. The Morgan fingerprint density at radius 1 is 1.02 bits per heavy atom. The van der Waals surface area contributed by atoms with E-state index in [1.54, 1.807) is 32.0 Å². The number of esters is 1. The van der Waals surface area contributed by atoms with Crippen LogP contribution in [0.15, 0.2) is 87.6 Å². The number of rotatable bonds is 12. The number of hydrazone groups is 1. The Balaban J connectivity index is 1.31. The topological polar surface area (TPSA) is 137 Å². The predicted molar refractivity (Wildman–Crippen MR) is 163 cm³/mol. The fraction of sp³-hybridized carbons (Fsp3) is 0.226. The zero-order valence-electron chi connectivity index (χ0n) is 23.8. The van der Waals surface area contributed by atoms with E-state index in [4.69, 9.17) is 18.9 Å². The van der Waals surface area contributed by atoms with Gasteiger partial charge >= 0.3 is 12.0 Å². The standard InChI is InChI=1S/C31H31BrN4O7/c1-4-41-30(38)28-19(2)34-31(39)35-29(28)22-9-14-25(26(15-22)40-3)43-18-27(37)36-33-16-20-7-12-24(13-8-20)42-17-21-5-10-23(32)11-6-21/h5-16,29H,4,17-18H2,1-3H3,(H,36,37)(H2,34,35,39)/b33-16-/t29-/m1/s1. The van der Waals surface area contributed by atoms with E-state index in [2.05, 4.69) is 37.1 Å². The average molecular weight is 652 g/mol. The van der Waals surface area contributed by atoms with Crippen LogP contribution in [0, 0.1) is 0 Å². The van der Waals surface area contributed by atoms with Gasteiger partial charge in [0, 0.05) is 10.2 Å². The third-order valence-electron chi connectivity index (χ3n) is 6.25. The van der Waals surface area contributed by atoms with Crippen LogP contribution in [0.5, 0.6) is 17.2 Å². The highest BCUT2D eigenvalue weighted by Crippen LogP contribution is 2.34. The van der Waals surface area contributed by atoms with E-state index in [9.17, 15) is 14.4 Å². The molecule has 1 aliphatic rings. The lowest BCUT2D eigenvalue weighted by Gasteiger charge is -2.28. The molecule has 4 rings (SSSR count). The molecule has 0 aromatic heterocycles. The minimum absolute atomic E-state index is 0.188. The number of hydrogen-bond acceptors (Lipinski definition) is 8. The van der Waals surface area contributed by atoms with Crippen molar-refractivity contribution in [3.05, 3.63) is 99.2 Å². The molecule has 0 bridgehead atoms. The van der Waals surface area contributed by atoms with Crippen molar-refractivity contribution in [2.45, 2.75) is 26.5 Å². The number of carbonyl (C=O) groups excluding carboxylic acids is 3. The second kappa shape index (κ2) is 14.9. The Hall–Kier alpha value is -4.84. The van der Waals surface area contributed by atoms with Gasteiger partial charge in [-0.1, -0.05) is 34.1 Å². The highest BCUT2D eigenvalue weighted by Gasteiger charge is 2.32. The molecule has 0 unspecified atom stereocenters. The van der Waals surface area contributed by atoms with Crippen LogP contribution in [-0.4, -0.2) is 44.4 Å². The normalized spacial score (nSPS) is 14.5. The Bertz CT molecular complexity index is 1520. The van der Waals surface area contributed by atoms with E-state index in [1.165, 1.54) is 13.3 Å². The van der Waals surface area contributed by atoms with Gasteiger partial charge in [0.05, 0.1) is 31.5 Å². The van der Waals surface area contributed by atoms with E-state index < -0.39 is 23.9 Å². The van der Waals surface area contributed by atoms with Crippen molar-refractivity contribution < 1.29 is 33.3 Å². The van der Waals surface area contributed by atoms with E-state index in [0.717, 1.165) is 15.6 Å². The maximum absolute atomic E-state index is 12.6. The Morgan fingerprint density at radius 3 is 2.47 bits per heavy atom. The van der Waals surface area contributed by atoms with Crippen LogP contribution in [0.1, 0.15) is 36.6 Å². The molecular weight excluding hydrogens is 620 g/mol. The quantitative estimate of drug-likeness (QED) is 0.146. The summed E-state index contributed by atoms with van der Waals surface area (Å²) in [6.07, 6.45) is 1.51. The second-order valence-corrected chi connectivity index (χ2v) is 10.2. The molecule has 0 aliphatic carbocycles. The molecule has 0 radical (unpaired) electrons. The van der Waals surface area contributed by atoms with Crippen LogP contribution in [0.25, 0.3) is 0 Å². The summed E-state index contributed by atoms with van der Waals surface area (Å²) >= 11 is 3.41. The van der Waals surface area contributed by atoms with Gasteiger partial charge in [-0.2, -0.15) is 5.10 Å². The molecule has 0 saturated heterocycles. The molecule has 0 spiro atoms. The van der Waals surface area contributed by atoms with E-state index in [-0.39, 0.29) is 18.8 Å². The van der Waals surface area contributed by atoms with Gasteiger partial charge in [0.25, 0.3) is 5.91 Å². The first-order valence-corrected chi connectivity index (χ1v) is 14.1. The van der Waals surface area contributed by atoms with Gasteiger partial charge < -0.3 is 29.6 Å². The molecule has 12 heteroatoms. The third-order valence-corrected chi connectivity index (χ3v) is 6.77. The number of ether oxygens (including phenoxy) is 4. The van der Waals surface area contributed by atoms with Crippen molar-refractivity contribution in [1.29, 1.82) is 0 Å². The molecule has 3 aromatic rings. The maximum Gasteiger partial charge on any atom is 0.338 e. The van der Waals surface area contributed by atoms with E-state index in [1.807, 2.05) is 48.5 Å². The number of hydrogen-bond donors (Lipinski definition) is 3. The summed E-state index contributed by atoms with van der Waals surface area (Å²) in [4.78, 5) is 37.1. The first kappa shape index (κ1) is 31.1. The lowest BCUT2D eigenvalue weighted by molar-refractivity contribution is -0.139. The van der Waals surface area contributed by atoms with Gasteiger partial charge in [0.15, 0.2) is 18.1 Å². The van der Waals surface area contributed by atoms with Crippen molar-refractivity contribution in [3.63, 3.8) is 0 Å². The summed E-state index contributed by atoms with van der Waals surface area (Å²) in [5.74, 6) is 0.288. The van der Waals surface area contributed by atoms with Gasteiger partial charge in [-0.05, 0) is 79.1 Å². The van der Waals surface area contributed by atoms with Gasteiger partial charge in [-0.25, -0.2) is 15.0 Å². The van der Waals surface area contributed by atoms with Crippen LogP contribution >= 0.6 is 15.9 Å². The summed E-state index contributed by atoms with van der Waals surface area (Å²) in [5, 5.41) is 9.31. The summed E-state index contributed by atoms with van der Waals surface area (Å²) < 4.78 is 23.1. The van der Waals surface area contributed by atoms with Crippen molar-refractivity contribution >= 4 is 40.1 Å². The molecule has 3 aromatic carbocycles.